The zero-order valence-electron chi connectivity index (χ0n) is 21.0. The highest BCUT2D eigenvalue weighted by molar-refractivity contribution is 5.99. The van der Waals surface area contributed by atoms with Crippen molar-refractivity contribution >= 4 is 39.1 Å². The van der Waals surface area contributed by atoms with Crippen molar-refractivity contribution in [3.8, 4) is 17.1 Å². The molecule has 5 N–H and O–H groups in total. The maximum atomic E-state index is 13.1. The van der Waals surface area contributed by atoms with E-state index in [-0.39, 0.29) is 5.56 Å². The first-order valence-corrected chi connectivity index (χ1v) is 12.4. The van der Waals surface area contributed by atoms with Gasteiger partial charge in [-0.15, -0.1) is 0 Å². The molecule has 0 spiro atoms. The molecule has 0 saturated heterocycles. The van der Waals surface area contributed by atoms with Gasteiger partial charge < -0.3 is 30.3 Å². The summed E-state index contributed by atoms with van der Waals surface area (Å²) in [6.45, 7) is 1.46. The maximum Gasteiger partial charge on any atom is 0.261 e. The van der Waals surface area contributed by atoms with Crippen molar-refractivity contribution in [3.63, 3.8) is 0 Å². The topological polar surface area (TPSA) is 141 Å². The zero-order chi connectivity index (χ0) is 26.9. The Balaban J connectivity index is 1.31. The second kappa shape index (κ2) is 9.92. The minimum Gasteiger partial charge on any atom is -0.394 e. The lowest BCUT2D eigenvalue weighted by atomic mass is 10.1. The molecule has 10 heteroatoms. The highest BCUT2D eigenvalue weighted by atomic mass is 16.3. The summed E-state index contributed by atoms with van der Waals surface area (Å²) >= 11 is 0. The number of rotatable bonds is 7. The molecule has 0 bridgehead atoms. The number of pyridine rings is 1. The molecule has 0 aliphatic heterocycles. The number of imidazole rings is 2. The van der Waals surface area contributed by atoms with Gasteiger partial charge in [-0.2, -0.15) is 0 Å². The Hall–Kier alpha value is -5.22. The van der Waals surface area contributed by atoms with Crippen molar-refractivity contribution in [2.45, 2.75) is 13.0 Å². The van der Waals surface area contributed by atoms with Crippen LogP contribution in [0.5, 0.6) is 0 Å². The Morgan fingerprint density at radius 2 is 1.95 bits per heavy atom. The van der Waals surface area contributed by atoms with Crippen LogP contribution in [-0.2, 0) is 4.79 Å². The third kappa shape index (κ3) is 4.64. The van der Waals surface area contributed by atoms with E-state index in [0.29, 0.717) is 17.2 Å². The third-order valence-corrected chi connectivity index (χ3v) is 6.61. The second-order valence-corrected chi connectivity index (χ2v) is 9.24. The van der Waals surface area contributed by atoms with E-state index in [1.165, 1.54) is 6.20 Å². The van der Waals surface area contributed by atoms with Gasteiger partial charge >= 0.3 is 0 Å². The Morgan fingerprint density at radius 1 is 1.10 bits per heavy atom. The standard InChI is InChI=1S/C29H25N7O3/c1-17-12-21(36-11-10-30-16-36)14-23-26(17)35-27(34-23)25-22(8-9-31-29(25)39)33-24(15-37)28(38)32-20-7-6-18-4-2-3-5-19(18)13-20/h2-14,16,24,37H,15H2,1H3,(H,32,38)(H,34,35)(H2,31,33,39). The number of nitrogens with one attached hydrogen (secondary N) is 4. The summed E-state index contributed by atoms with van der Waals surface area (Å²) in [5.74, 6) is -0.101. The van der Waals surface area contributed by atoms with Crippen LogP contribution >= 0.6 is 0 Å². The molecule has 0 aliphatic carbocycles. The Labute approximate surface area is 222 Å². The third-order valence-electron chi connectivity index (χ3n) is 6.61. The molecule has 194 valence electrons. The second-order valence-electron chi connectivity index (χ2n) is 9.24. The van der Waals surface area contributed by atoms with Crippen molar-refractivity contribution in [3.05, 3.63) is 101 Å². The first-order chi connectivity index (χ1) is 19.0. The van der Waals surface area contributed by atoms with Crippen LogP contribution in [0.3, 0.4) is 0 Å². The number of hydrogen-bond acceptors (Lipinski definition) is 6. The molecule has 0 aliphatic rings. The molecule has 0 radical (unpaired) electrons. The lowest BCUT2D eigenvalue weighted by molar-refractivity contribution is -0.117. The number of aromatic amines is 2. The van der Waals surface area contributed by atoms with Crippen LogP contribution in [0.25, 0.3) is 38.9 Å². The average Bonchev–Trinajstić information content (AvgIpc) is 3.62. The molecular formula is C29H25N7O3. The van der Waals surface area contributed by atoms with Gasteiger partial charge in [0, 0.05) is 30.0 Å². The molecule has 3 aromatic carbocycles. The Bertz CT molecular complexity index is 1870. The predicted octanol–water partition coefficient (Wildman–Crippen LogP) is 3.98. The largest absolute Gasteiger partial charge is 0.394 e. The summed E-state index contributed by atoms with van der Waals surface area (Å²) < 4.78 is 1.88. The van der Waals surface area contributed by atoms with Crippen LogP contribution in [-0.4, -0.2) is 48.2 Å². The van der Waals surface area contributed by atoms with Crippen LogP contribution in [0.2, 0.25) is 0 Å². The minimum atomic E-state index is -1.02. The summed E-state index contributed by atoms with van der Waals surface area (Å²) in [6, 6.07) is 18.0. The van der Waals surface area contributed by atoms with Crippen LogP contribution < -0.4 is 16.2 Å². The number of carbonyl (C=O) groups excluding carboxylic acids is 1. The molecule has 39 heavy (non-hydrogen) atoms. The van der Waals surface area contributed by atoms with Gasteiger partial charge in [0.05, 0.1) is 29.7 Å². The van der Waals surface area contributed by atoms with Gasteiger partial charge in [-0.1, -0.05) is 30.3 Å². The van der Waals surface area contributed by atoms with Crippen molar-refractivity contribution in [1.82, 2.24) is 24.5 Å². The minimum absolute atomic E-state index is 0.231. The van der Waals surface area contributed by atoms with Crippen LogP contribution in [0.15, 0.2) is 90.4 Å². The number of hydrogen-bond donors (Lipinski definition) is 5. The first kappa shape index (κ1) is 24.1. The maximum absolute atomic E-state index is 13.1. The number of aryl methyl sites for hydroxylation is 1. The molecular weight excluding hydrogens is 494 g/mol. The summed E-state index contributed by atoms with van der Waals surface area (Å²) in [5, 5.41) is 18.0. The summed E-state index contributed by atoms with van der Waals surface area (Å²) in [4.78, 5) is 40.8. The number of nitrogens with zero attached hydrogens (tertiary/aromatic N) is 3. The lowest BCUT2D eigenvalue weighted by Gasteiger charge is -2.19. The number of benzene rings is 3. The van der Waals surface area contributed by atoms with E-state index in [1.807, 2.05) is 72.3 Å². The van der Waals surface area contributed by atoms with Crippen LogP contribution in [0.1, 0.15) is 5.56 Å². The van der Waals surface area contributed by atoms with E-state index < -0.39 is 24.1 Å². The summed E-state index contributed by atoms with van der Waals surface area (Å²) in [7, 11) is 0. The van der Waals surface area contributed by atoms with E-state index in [2.05, 4.69) is 25.6 Å². The number of amides is 1. The van der Waals surface area contributed by atoms with Gasteiger partial charge in [-0.05, 0) is 53.6 Å². The van der Waals surface area contributed by atoms with Crippen molar-refractivity contribution in [2.75, 3.05) is 17.2 Å². The average molecular weight is 520 g/mol. The summed E-state index contributed by atoms with van der Waals surface area (Å²) in [6.07, 6.45) is 6.74. The highest BCUT2D eigenvalue weighted by Crippen LogP contribution is 2.28. The van der Waals surface area contributed by atoms with E-state index in [4.69, 9.17) is 4.98 Å². The van der Waals surface area contributed by atoms with Crippen LogP contribution in [0, 0.1) is 6.92 Å². The zero-order valence-corrected chi connectivity index (χ0v) is 21.0. The highest BCUT2D eigenvalue weighted by Gasteiger charge is 2.22. The van der Waals surface area contributed by atoms with E-state index in [1.54, 1.807) is 18.6 Å². The summed E-state index contributed by atoms with van der Waals surface area (Å²) in [5.41, 5.74) is 4.09. The number of aliphatic hydroxyl groups excluding tert-OH is 1. The number of carbonyl (C=O) groups is 1. The predicted molar refractivity (Wildman–Crippen MR) is 151 cm³/mol. The fourth-order valence-electron chi connectivity index (χ4n) is 4.66. The van der Waals surface area contributed by atoms with E-state index >= 15 is 0 Å². The Kier molecular flexibility index (Phi) is 6.14. The molecule has 6 aromatic rings. The van der Waals surface area contributed by atoms with Crippen molar-refractivity contribution in [1.29, 1.82) is 0 Å². The fraction of sp³-hybridized carbons (Fsp3) is 0.103. The van der Waals surface area contributed by atoms with Crippen LogP contribution in [0.4, 0.5) is 11.4 Å². The quantitative estimate of drug-likeness (QED) is 0.216. The number of aliphatic hydroxyl groups is 1. The monoisotopic (exact) mass is 519 g/mol. The number of H-pyrrole nitrogens is 2. The van der Waals surface area contributed by atoms with Gasteiger partial charge in [0.25, 0.3) is 5.56 Å². The van der Waals surface area contributed by atoms with E-state index in [0.717, 1.165) is 33.1 Å². The molecule has 3 aromatic heterocycles. The SMILES string of the molecule is Cc1cc(-n2ccnc2)cc2[nH]c(-c3c(NC(CO)C(=O)Nc4ccc5ccccc5c4)cc[nH]c3=O)nc12. The molecule has 1 amide bonds. The normalized spacial score (nSPS) is 12.1. The number of fused-ring (bicyclic) bond motifs is 2. The first-order valence-electron chi connectivity index (χ1n) is 12.4. The van der Waals surface area contributed by atoms with Gasteiger partial charge in [0.15, 0.2) is 0 Å². The molecule has 0 saturated carbocycles. The molecule has 3 heterocycles. The molecule has 1 atom stereocenters. The van der Waals surface area contributed by atoms with Gasteiger partial charge in [0.2, 0.25) is 5.91 Å². The van der Waals surface area contributed by atoms with Crippen molar-refractivity contribution in [2.24, 2.45) is 0 Å². The Morgan fingerprint density at radius 3 is 2.74 bits per heavy atom. The lowest BCUT2D eigenvalue weighted by Crippen LogP contribution is -2.38. The molecule has 0 fully saturated rings. The van der Waals surface area contributed by atoms with Gasteiger partial charge in [0.1, 0.15) is 17.4 Å². The molecule has 6 rings (SSSR count). The van der Waals surface area contributed by atoms with Gasteiger partial charge in [-0.3, -0.25) is 9.59 Å². The van der Waals surface area contributed by atoms with Crippen molar-refractivity contribution < 1.29 is 9.90 Å². The number of anilines is 2. The van der Waals surface area contributed by atoms with E-state index in [9.17, 15) is 14.7 Å². The molecule has 1 unspecified atom stereocenters. The number of aromatic nitrogens is 5. The smallest absolute Gasteiger partial charge is 0.261 e. The fourth-order valence-corrected chi connectivity index (χ4v) is 4.66. The molecule has 10 nitrogen and oxygen atoms in total. The van der Waals surface area contributed by atoms with Gasteiger partial charge in [-0.25, -0.2) is 9.97 Å².